The smallest absolute Gasteiger partial charge is 0.322 e. The topological polar surface area (TPSA) is 229 Å². The van der Waals surface area contributed by atoms with Crippen molar-refractivity contribution in [1.29, 1.82) is 0 Å². The van der Waals surface area contributed by atoms with Crippen LogP contribution in [-0.2, 0) is 30.5 Å². The van der Waals surface area contributed by atoms with E-state index in [4.69, 9.17) is 15.6 Å². The van der Waals surface area contributed by atoms with Gasteiger partial charge in [-0.05, 0) is 37.0 Å². The van der Waals surface area contributed by atoms with Gasteiger partial charge < -0.3 is 41.7 Å². The van der Waals surface area contributed by atoms with Gasteiger partial charge in [-0.25, -0.2) is 0 Å². The SMILES string of the molecule is COc1ccc(CNC(=O)C(NC(=O)C(N)CC(C)C)C(=O)C(NCC(=O)NCC(=O)O)C(C)O)cc1O. The number of hydrogen-bond donors (Lipinski definition) is 8. The molecule has 0 aliphatic carbocycles. The summed E-state index contributed by atoms with van der Waals surface area (Å²) in [5, 5.41) is 38.2. The maximum Gasteiger partial charge on any atom is 0.322 e. The normalized spacial score (nSPS) is 14.1. The van der Waals surface area contributed by atoms with Gasteiger partial charge in [0.2, 0.25) is 11.8 Å². The number of amides is 3. The zero-order valence-electron chi connectivity index (χ0n) is 21.8. The summed E-state index contributed by atoms with van der Waals surface area (Å²) in [6.07, 6.45) is -1.12. The van der Waals surface area contributed by atoms with Crippen molar-refractivity contribution in [3.05, 3.63) is 23.8 Å². The minimum absolute atomic E-state index is 0.0534. The number of aliphatic hydroxyl groups is 1. The van der Waals surface area contributed by atoms with Gasteiger partial charge in [-0.1, -0.05) is 19.9 Å². The molecule has 3 amide bonds. The number of methoxy groups -OCH3 is 1. The number of Topliss-reactive ketones (excluding diaryl/α,β-unsaturated/α-hetero) is 1. The summed E-state index contributed by atoms with van der Waals surface area (Å²) in [5.74, 6) is -4.57. The lowest BCUT2D eigenvalue weighted by Gasteiger charge is -2.26. The third-order valence-electron chi connectivity index (χ3n) is 5.31. The van der Waals surface area contributed by atoms with Crippen LogP contribution in [0.4, 0.5) is 0 Å². The number of rotatable bonds is 16. The minimum atomic E-state index is -1.79. The largest absolute Gasteiger partial charge is 0.504 e. The van der Waals surface area contributed by atoms with Crippen LogP contribution in [0.25, 0.3) is 0 Å². The Bertz CT molecular complexity index is 999. The van der Waals surface area contributed by atoms with Gasteiger partial charge >= 0.3 is 5.97 Å². The van der Waals surface area contributed by atoms with Crippen molar-refractivity contribution in [2.75, 3.05) is 20.2 Å². The predicted octanol–water partition coefficient (Wildman–Crippen LogP) is -2.02. The average molecular weight is 540 g/mol. The fraction of sp³-hybridized carbons (Fsp3) is 0.542. The highest BCUT2D eigenvalue weighted by Crippen LogP contribution is 2.26. The van der Waals surface area contributed by atoms with E-state index < -0.39 is 66.8 Å². The summed E-state index contributed by atoms with van der Waals surface area (Å²) in [7, 11) is 1.38. The molecule has 0 radical (unpaired) electrons. The van der Waals surface area contributed by atoms with Crippen molar-refractivity contribution in [3.8, 4) is 11.5 Å². The van der Waals surface area contributed by atoms with Gasteiger partial charge in [0.05, 0.1) is 31.8 Å². The quantitative estimate of drug-likeness (QED) is 0.107. The number of aliphatic hydroxyl groups excluding tert-OH is 1. The maximum absolute atomic E-state index is 13.3. The monoisotopic (exact) mass is 539 g/mol. The zero-order valence-corrected chi connectivity index (χ0v) is 21.8. The lowest BCUT2D eigenvalue weighted by atomic mass is 9.98. The number of phenols is 1. The molecule has 4 atom stereocenters. The third kappa shape index (κ3) is 10.7. The summed E-state index contributed by atoms with van der Waals surface area (Å²) < 4.78 is 4.97. The summed E-state index contributed by atoms with van der Waals surface area (Å²) in [4.78, 5) is 61.5. The molecule has 1 aromatic carbocycles. The summed E-state index contributed by atoms with van der Waals surface area (Å²) in [6, 6.07) is 0.117. The molecule has 1 aromatic rings. The Morgan fingerprint density at radius 3 is 2.21 bits per heavy atom. The summed E-state index contributed by atoms with van der Waals surface area (Å²) in [6.45, 7) is 3.61. The summed E-state index contributed by atoms with van der Waals surface area (Å²) >= 11 is 0. The summed E-state index contributed by atoms with van der Waals surface area (Å²) in [5.41, 5.74) is 6.37. The molecular formula is C24H37N5O9. The molecule has 4 unspecified atom stereocenters. The van der Waals surface area contributed by atoms with Crippen molar-refractivity contribution < 1.29 is 44.0 Å². The van der Waals surface area contributed by atoms with Crippen molar-refractivity contribution >= 4 is 29.5 Å². The number of hydrogen-bond acceptors (Lipinski definition) is 10. The van der Waals surface area contributed by atoms with Crippen LogP contribution in [0, 0.1) is 5.92 Å². The number of ketones is 1. The van der Waals surface area contributed by atoms with Crippen LogP contribution in [0.2, 0.25) is 0 Å². The van der Waals surface area contributed by atoms with E-state index in [1.54, 1.807) is 6.07 Å². The lowest BCUT2D eigenvalue weighted by Crippen LogP contribution is -2.61. The van der Waals surface area contributed by atoms with Crippen LogP contribution in [0.3, 0.4) is 0 Å². The number of aliphatic carboxylic acids is 1. The fourth-order valence-electron chi connectivity index (χ4n) is 3.39. The number of aromatic hydroxyl groups is 1. The number of carbonyl (C=O) groups excluding carboxylic acids is 4. The van der Waals surface area contributed by atoms with E-state index >= 15 is 0 Å². The minimum Gasteiger partial charge on any atom is -0.504 e. The highest BCUT2D eigenvalue weighted by atomic mass is 16.5. The van der Waals surface area contributed by atoms with E-state index in [1.807, 2.05) is 13.8 Å². The molecule has 9 N–H and O–H groups in total. The van der Waals surface area contributed by atoms with Gasteiger partial charge in [-0.2, -0.15) is 0 Å². The number of phenolic OH excluding ortho intramolecular Hbond substituents is 1. The Kier molecular flexibility index (Phi) is 13.2. The molecule has 0 aromatic heterocycles. The number of nitrogens with two attached hydrogens (primary N) is 1. The van der Waals surface area contributed by atoms with Gasteiger partial charge in [0.25, 0.3) is 5.91 Å². The van der Waals surface area contributed by atoms with Crippen LogP contribution >= 0.6 is 0 Å². The molecule has 0 heterocycles. The molecule has 0 saturated heterocycles. The first-order valence-corrected chi connectivity index (χ1v) is 11.9. The number of ether oxygens (including phenoxy) is 1. The first-order chi connectivity index (χ1) is 17.8. The number of carbonyl (C=O) groups is 5. The highest BCUT2D eigenvalue weighted by molar-refractivity contribution is 6.10. The molecule has 0 fully saturated rings. The molecule has 14 nitrogen and oxygen atoms in total. The maximum atomic E-state index is 13.3. The molecule has 1 rings (SSSR count). The molecule has 0 aliphatic rings. The molecule has 0 spiro atoms. The van der Waals surface area contributed by atoms with E-state index in [0.29, 0.717) is 5.56 Å². The zero-order chi connectivity index (χ0) is 29.0. The van der Waals surface area contributed by atoms with Gasteiger partial charge in [0.1, 0.15) is 6.54 Å². The second kappa shape index (κ2) is 15.5. The third-order valence-corrected chi connectivity index (χ3v) is 5.31. The predicted molar refractivity (Wildman–Crippen MR) is 135 cm³/mol. The first-order valence-electron chi connectivity index (χ1n) is 11.9. The van der Waals surface area contributed by atoms with Gasteiger partial charge in [0.15, 0.2) is 23.3 Å². The molecule has 0 saturated carbocycles. The molecular weight excluding hydrogens is 502 g/mol. The van der Waals surface area contributed by atoms with Crippen LogP contribution in [0.1, 0.15) is 32.8 Å². The van der Waals surface area contributed by atoms with Gasteiger partial charge in [0, 0.05) is 6.54 Å². The Balaban J connectivity index is 3.09. The van der Waals surface area contributed by atoms with E-state index in [9.17, 15) is 34.2 Å². The van der Waals surface area contributed by atoms with Gasteiger partial charge in [-0.15, -0.1) is 0 Å². The molecule has 38 heavy (non-hydrogen) atoms. The Labute approximate surface area is 220 Å². The number of carboxylic acids is 1. The van der Waals surface area contributed by atoms with Crippen molar-refractivity contribution in [2.24, 2.45) is 11.7 Å². The van der Waals surface area contributed by atoms with Crippen LogP contribution in [0.15, 0.2) is 18.2 Å². The van der Waals surface area contributed by atoms with E-state index in [0.717, 1.165) is 0 Å². The number of carboxylic acid groups (broad SMARTS) is 1. The Hall–Kier alpha value is -3.75. The van der Waals surface area contributed by atoms with Crippen LogP contribution in [0.5, 0.6) is 11.5 Å². The van der Waals surface area contributed by atoms with E-state index in [2.05, 4.69) is 21.3 Å². The number of nitrogens with one attached hydrogen (secondary N) is 4. The molecule has 0 bridgehead atoms. The second-order valence-corrected chi connectivity index (χ2v) is 9.07. The number of benzene rings is 1. The van der Waals surface area contributed by atoms with Crippen LogP contribution in [-0.4, -0.2) is 89.2 Å². The lowest BCUT2D eigenvalue weighted by molar-refractivity contribution is -0.139. The molecule has 212 valence electrons. The highest BCUT2D eigenvalue weighted by Gasteiger charge is 2.37. The molecule has 0 aliphatic heterocycles. The van der Waals surface area contributed by atoms with Crippen LogP contribution < -0.4 is 31.7 Å². The second-order valence-electron chi connectivity index (χ2n) is 9.07. The van der Waals surface area contributed by atoms with E-state index in [1.165, 1.54) is 26.2 Å². The van der Waals surface area contributed by atoms with Crippen molar-refractivity contribution in [2.45, 2.75) is 58.0 Å². The van der Waals surface area contributed by atoms with E-state index in [-0.39, 0.29) is 30.4 Å². The molecule has 14 heteroatoms. The van der Waals surface area contributed by atoms with Gasteiger partial charge in [-0.3, -0.25) is 29.3 Å². The fourth-order valence-corrected chi connectivity index (χ4v) is 3.39. The van der Waals surface area contributed by atoms with Crippen molar-refractivity contribution in [3.63, 3.8) is 0 Å². The Morgan fingerprint density at radius 1 is 1.03 bits per heavy atom. The average Bonchev–Trinajstić information content (AvgIpc) is 2.83. The van der Waals surface area contributed by atoms with Crippen molar-refractivity contribution in [1.82, 2.24) is 21.3 Å². The first kappa shape index (κ1) is 32.3. The Morgan fingerprint density at radius 2 is 1.68 bits per heavy atom. The standard InChI is InChI=1S/C24H37N5O9/c1-12(2)7-15(25)23(36)29-21(24(37)28-9-14-5-6-17(38-4)16(31)8-14)22(35)20(13(3)30)27-10-18(32)26-11-19(33)34/h5-6,8,12-13,15,20-21,27,30-31H,7,9-11,25H2,1-4H3,(H,26,32)(H,28,37)(H,29,36)(H,33,34).